The van der Waals surface area contributed by atoms with Crippen molar-refractivity contribution in [2.24, 2.45) is 5.92 Å². The summed E-state index contributed by atoms with van der Waals surface area (Å²) in [6.45, 7) is 8.26. The van der Waals surface area contributed by atoms with E-state index in [9.17, 15) is 0 Å². The molecule has 2 fully saturated rings. The molecule has 1 saturated heterocycles. The molecule has 1 aliphatic carbocycles. The van der Waals surface area contributed by atoms with E-state index in [1.54, 1.807) is 0 Å². The van der Waals surface area contributed by atoms with Gasteiger partial charge < -0.3 is 9.64 Å². The second kappa shape index (κ2) is 10.6. The van der Waals surface area contributed by atoms with Gasteiger partial charge >= 0.3 is 0 Å². The van der Waals surface area contributed by atoms with Crippen LogP contribution in [0.2, 0.25) is 0 Å². The molecule has 0 radical (unpaired) electrons. The quantitative estimate of drug-likeness (QED) is 0.528. The number of nitrogens with zero attached hydrogens (tertiary/aromatic N) is 1. The lowest BCUT2D eigenvalue weighted by Crippen LogP contribution is -2.44. The van der Waals surface area contributed by atoms with Crippen molar-refractivity contribution >= 4 is 0 Å². The maximum atomic E-state index is 6.01. The maximum Gasteiger partial charge on any atom is 0.0576 e. The molecule has 2 rings (SSSR count). The highest BCUT2D eigenvalue weighted by molar-refractivity contribution is 4.83. The average Bonchev–Trinajstić information content (AvgIpc) is 2.57. The Morgan fingerprint density at radius 1 is 0.818 bits per heavy atom. The fourth-order valence-corrected chi connectivity index (χ4v) is 4.26. The molecular formula is C20H39NO. The first-order chi connectivity index (χ1) is 10.8. The number of hydrogen-bond donors (Lipinski definition) is 0. The summed E-state index contributed by atoms with van der Waals surface area (Å²) in [6, 6.07) is 0.864. The molecule has 1 aliphatic heterocycles. The number of likely N-dealkylation sites (tertiary alicyclic amines) is 1. The number of hydrogen-bond acceptors (Lipinski definition) is 2. The Hall–Kier alpha value is -0.0800. The van der Waals surface area contributed by atoms with E-state index in [2.05, 4.69) is 18.7 Å². The van der Waals surface area contributed by atoms with E-state index in [1.807, 2.05) is 0 Å². The Balaban J connectivity index is 1.58. The van der Waals surface area contributed by atoms with Gasteiger partial charge in [0.15, 0.2) is 0 Å². The number of rotatable bonds is 9. The van der Waals surface area contributed by atoms with E-state index in [0.29, 0.717) is 6.10 Å². The first-order valence-electron chi connectivity index (χ1n) is 10.2. The fourth-order valence-electron chi connectivity index (χ4n) is 4.26. The van der Waals surface area contributed by atoms with Gasteiger partial charge in [-0.2, -0.15) is 0 Å². The van der Waals surface area contributed by atoms with Gasteiger partial charge in [-0.25, -0.2) is 0 Å². The second-order valence-corrected chi connectivity index (χ2v) is 7.63. The van der Waals surface area contributed by atoms with E-state index in [4.69, 9.17) is 4.74 Å². The summed E-state index contributed by atoms with van der Waals surface area (Å²) in [6.07, 6.45) is 17.0. The SMILES string of the molecule is CCCCCC1CCN(C2CCC(OCCCC)CC2)CC1. The molecule has 2 heteroatoms. The predicted molar refractivity (Wildman–Crippen MR) is 95.3 cm³/mol. The van der Waals surface area contributed by atoms with Crippen LogP contribution in [0.3, 0.4) is 0 Å². The van der Waals surface area contributed by atoms with Crippen molar-refractivity contribution in [1.82, 2.24) is 4.90 Å². The molecule has 0 spiro atoms. The lowest BCUT2D eigenvalue weighted by atomic mass is 9.87. The highest BCUT2D eigenvalue weighted by Gasteiger charge is 2.28. The Morgan fingerprint density at radius 3 is 2.14 bits per heavy atom. The van der Waals surface area contributed by atoms with Crippen LogP contribution in [0.5, 0.6) is 0 Å². The largest absolute Gasteiger partial charge is 0.378 e. The highest BCUT2D eigenvalue weighted by atomic mass is 16.5. The summed E-state index contributed by atoms with van der Waals surface area (Å²) >= 11 is 0. The molecule has 1 heterocycles. The molecule has 0 atom stereocenters. The monoisotopic (exact) mass is 309 g/mol. The zero-order valence-electron chi connectivity index (χ0n) is 15.2. The number of ether oxygens (including phenoxy) is 1. The Bertz CT molecular complexity index is 237. The van der Waals surface area contributed by atoms with Crippen molar-refractivity contribution in [2.45, 2.75) is 103 Å². The lowest BCUT2D eigenvalue weighted by Gasteiger charge is -2.40. The fraction of sp³-hybridized carbons (Fsp3) is 1.00. The molecule has 130 valence electrons. The van der Waals surface area contributed by atoms with Crippen molar-refractivity contribution in [3.63, 3.8) is 0 Å². The third-order valence-electron chi connectivity index (χ3n) is 5.88. The van der Waals surface area contributed by atoms with Crippen molar-refractivity contribution in [2.75, 3.05) is 19.7 Å². The van der Waals surface area contributed by atoms with Crippen molar-refractivity contribution in [3.8, 4) is 0 Å². The molecule has 22 heavy (non-hydrogen) atoms. The van der Waals surface area contributed by atoms with Gasteiger partial charge in [0.2, 0.25) is 0 Å². The first-order valence-corrected chi connectivity index (χ1v) is 10.2. The Kier molecular flexibility index (Phi) is 8.84. The van der Waals surface area contributed by atoms with Crippen LogP contribution in [0.4, 0.5) is 0 Å². The minimum absolute atomic E-state index is 0.564. The molecule has 0 aromatic carbocycles. The molecule has 1 saturated carbocycles. The zero-order valence-corrected chi connectivity index (χ0v) is 15.2. The molecule has 0 aromatic rings. The summed E-state index contributed by atoms with van der Waals surface area (Å²) in [7, 11) is 0. The molecule has 2 nitrogen and oxygen atoms in total. The van der Waals surface area contributed by atoms with Gasteiger partial charge in [-0.15, -0.1) is 0 Å². The average molecular weight is 310 g/mol. The predicted octanol–water partition coefficient (Wildman–Crippen LogP) is 5.41. The molecule has 0 aromatic heterocycles. The van der Waals surface area contributed by atoms with Crippen LogP contribution < -0.4 is 0 Å². The van der Waals surface area contributed by atoms with E-state index >= 15 is 0 Å². The van der Waals surface area contributed by atoms with Gasteiger partial charge in [0.25, 0.3) is 0 Å². The summed E-state index contributed by atoms with van der Waals surface area (Å²) in [5.74, 6) is 1.02. The van der Waals surface area contributed by atoms with Gasteiger partial charge in [-0.1, -0.05) is 46.0 Å². The topological polar surface area (TPSA) is 12.5 Å². The standard InChI is InChI=1S/C20H39NO/c1-3-5-7-8-18-13-15-21(16-14-18)19-9-11-20(12-10-19)22-17-6-4-2/h18-20H,3-17H2,1-2H3. The van der Waals surface area contributed by atoms with E-state index in [-0.39, 0.29) is 0 Å². The molecule has 0 N–H and O–H groups in total. The van der Waals surface area contributed by atoms with Crippen molar-refractivity contribution in [3.05, 3.63) is 0 Å². The maximum absolute atomic E-state index is 6.01. The number of unbranched alkanes of at least 4 members (excludes halogenated alkanes) is 3. The third-order valence-corrected chi connectivity index (χ3v) is 5.88. The molecule has 0 unspecified atom stereocenters. The molecule has 0 bridgehead atoms. The van der Waals surface area contributed by atoms with E-state index in [1.165, 1.54) is 90.1 Å². The summed E-state index contributed by atoms with van der Waals surface area (Å²) in [5.41, 5.74) is 0. The van der Waals surface area contributed by atoms with Crippen LogP contribution in [0.15, 0.2) is 0 Å². The van der Waals surface area contributed by atoms with Gasteiger partial charge in [-0.3, -0.25) is 0 Å². The van der Waals surface area contributed by atoms with E-state index < -0.39 is 0 Å². The van der Waals surface area contributed by atoms with Crippen LogP contribution in [-0.4, -0.2) is 36.7 Å². The normalized spacial score (nSPS) is 28.1. The second-order valence-electron chi connectivity index (χ2n) is 7.63. The molecule has 0 amide bonds. The van der Waals surface area contributed by atoms with Crippen LogP contribution in [0.25, 0.3) is 0 Å². The van der Waals surface area contributed by atoms with E-state index in [0.717, 1.165) is 18.6 Å². The van der Waals surface area contributed by atoms with Crippen molar-refractivity contribution in [1.29, 1.82) is 0 Å². The van der Waals surface area contributed by atoms with Gasteiger partial charge in [0.1, 0.15) is 0 Å². The summed E-state index contributed by atoms with van der Waals surface area (Å²) in [4.78, 5) is 2.80. The van der Waals surface area contributed by atoms with Crippen LogP contribution >= 0.6 is 0 Å². The summed E-state index contributed by atoms with van der Waals surface area (Å²) < 4.78 is 6.01. The Labute approximate surface area is 139 Å². The van der Waals surface area contributed by atoms with Gasteiger partial charge in [0, 0.05) is 12.6 Å². The van der Waals surface area contributed by atoms with Gasteiger partial charge in [0.05, 0.1) is 6.10 Å². The third kappa shape index (κ3) is 6.20. The minimum Gasteiger partial charge on any atom is -0.378 e. The smallest absolute Gasteiger partial charge is 0.0576 e. The lowest BCUT2D eigenvalue weighted by molar-refractivity contribution is 0.000552. The number of piperidine rings is 1. The first kappa shape index (κ1) is 18.3. The van der Waals surface area contributed by atoms with Gasteiger partial charge in [-0.05, 0) is 64.0 Å². The van der Waals surface area contributed by atoms with Crippen LogP contribution in [-0.2, 0) is 4.74 Å². The summed E-state index contributed by atoms with van der Waals surface area (Å²) in [5, 5.41) is 0. The Morgan fingerprint density at radius 2 is 1.50 bits per heavy atom. The zero-order chi connectivity index (χ0) is 15.6. The molecule has 2 aliphatic rings. The van der Waals surface area contributed by atoms with Crippen LogP contribution in [0.1, 0.15) is 90.9 Å². The minimum atomic E-state index is 0.564. The highest BCUT2D eigenvalue weighted by Crippen LogP contribution is 2.30. The van der Waals surface area contributed by atoms with Crippen molar-refractivity contribution < 1.29 is 4.74 Å². The van der Waals surface area contributed by atoms with Crippen LogP contribution in [0, 0.1) is 5.92 Å². The molecular weight excluding hydrogens is 270 g/mol.